The van der Waals surface area contributed by atoms with Gasteiger partial charge in [0.2, 0.25) is 5.91 Å². The maximum absolute atomic E-state index is 13.0. The molecule has 0 bridgehead atoms. The highest BCUT2D eigenvalue weighted by Crippen LogP contribution is 2.43. The van der Waals surface area contributed by atoms with Gasteiger partial charge in [0, 0.05) is 19.6 Å². The molecule has 0 saturated carbocycles. The maximum atomic E-state index is 13.0. The Labute approximate surface area is 148 Å². The molecule has 6 heteroatoms. The Morgan fingerprint density at radius 2 is 2.00 bits per heavy atom. The van der Waals surface area contributed by atoms with Crippen molar-refractivity contribution < 1.29 is 14.3 Å². The van der Waals surface area contributed by atoms with E-state index in [0.717, 1.165) is 36.3 Å². The van der Waals surface area contributed by atoms with Crippen molar-refractivity contribution in [1.82, 2.24) is 4.90 Å². The number of benzene rings is 1. The Morgan fingerprint density at radius 1 is 1.20 bits per heavy atom. The molecule has 4 rings (SSSR count). The third-order valence-corrected chi connectivity index (χ3v) is 5.09. The largest absolute Gasteiger partial charge is 0.444 e. The summed E-state index contributed by atoms with van der Waals surface area (Å²) in [5.74, 6) is 0.170. The normalized spacial score (nSPS) is 22.4. The zero-order valence-corrected chi connectivity index (χ0v) is 15.1. The van der Waals surface area contributed by atoms with E-state index in [4.69, 9.17) is 4.74 Å². The quantitative estimate of drug-likeness (QED) is 0.727. The van der Waals surface area contributed by atoms with Crippen molar-refractivity contribution in [2.45, 2.75) is 51.8 Å². The minimum atomic E-state index is -0.528. The topological polar surface area (TPSA) is 53.1 Å². The number of fused-ring (bicyclic) bond motifs is 2. The van der Waals surface area contributed by atoms with Crippen LogP contribution < -0.4 is 9.80 Å². The minimum absolute atomic E-state index is 0.0455. The number of ether oxygens (including phenoxy) is 1. The van der Waals surface area contributed by atoms with Gasteiger partial charge in [-0.3, -0.25) is 4.79 Å². The number of carbonyl (C=O) groups excluding carboxylic acids is 2. The van der Waals surface area contributed by atoms with Gasteiger partial charge in [-0.15, -0.1) is 0 Å². The fraction of sp³-hybridized carbons (Fsp3) is 0.579. The van der Waals surface area contributed by atoms with Crippen LogP contribution in [0.3, 0.4) is 0 Å². The van der Waals surface area contributed by atoms with Crippen LogP contribution in [0.4, 0.5) is 16.2 Å². The summed E-state index contributed by atoms with van der Waals surface area (Å²) in [7, 11) is 0. The molecule has 3 heterocycles. The molecule has 3 aliphatic rings. The highest BCUT2D eigenvalue weighted by Gasteiger charge is 2.43. The highest BCUT2D eigenvalue weighted by atomic mass is 16.6. The van der Waals surface area contributed by atoms with Crippen LogP contribution in [0.15, 0.2) is 18.2 Å². The van der Waals surface area contributed by atoms with Gasteiger partial charge in [-0.05, 0) is 45.2 Å². The van der Waals surface area contributed by atoms with Gasteiger partial charge >= 0.3 is 6.09 Å². The number of carbonyl (C=O) groups is 2. The molecule has 25 heavy (non-hydrogen) atoms. The first-order valence-electron chi connectivity index (χ1n) is 9.03. The lowest BCUT2D eigenvalue weighted by atomic mass is 10.0. The number of hydrogen-bond acceptors (Lipinski definition) is 4. The predicted molar refractivity (Wildman–Crippen MR) is 95.8 cm³/mol. The summed E-state index contributed by atoms with van der Waals surface area (Å²) >= 11 is 0. The van der Waals surface area contributed by atoms with Gasteiger partial charge in [0.05, 0.1) is 17.9 Å². The van der Waals surface area contributed by atoms with Gasteiger partial charge < -0.3 is 19.4 Å². The number of hydrogen-bond donors (Lipinski definition) is 0. The Kier molecular flexibility index (Phi) is 3.67. The van der Waals surface area contributed by atoms with Crippen molar-refractivity contribution in [1.29, 1.82) is 0 Å². The molecule has 0 unspecified atom stereocenters. The molecule has 1 atom stereocenters. The number of rotatable bonds is 0. The Bertz CT molecular complexity index is 725. The number of para-hydroxylation sites is 1. The summed E-state index contributed by atoms with van der Waals surface area (Å²) in [4.78, 5) is 31.4. The van der Waals surface area contributed by atoms with Crippen LogP contribution in [0.2, 0.25) is 0 Å². The van der Waals surface area contributed by atoms with E-state index in [-0.39, 0.29) is 18.0 Å². The highest BCUT2D eigenvalue weighted by molar-refractivity contribution is 6.07. The number of anilines is 2. The third-order valence-electron chi connectivity index (χ3n) is 5.09. The van der Waals surface area contributed by atoms with E-state index in [1.54, 1.807) is 4.90 Å². The zero-order valence-electron chi connectivity index (χ0n) is 15.1. The van der Waals surface area contributed by atoms with E-state index in [9.17, 15) is 9.59 Å². The first-order chi connectivity index (χ1) is 11.8. The molecule has 0 N–H and O–H groups in total. The molecule has 3 aliphatic heterocycles. The fourth-order valence-corrected chi connectivity index (χ4v) is 4.06. The van der Waals surface area contributed by atoms with Crippen LogP contribution in [0, 0.1) is 0 Å². The third kappa shape index (κ3) is 2.73. The summed E-state index contributed by atoms with van der Waals surface area (Å²) in [5, 5.41) is 0. The second kappa shape index (κ2) is 5.64. The molecule has 1 saturated heterocycles. The lowest BCUT2D eigenvalue weighted by Crippen LogP contribution is -2.51. The average molecular weight is 343 g/mol. The standard InChI is InChI=1S/C19H25N3O3/c1-19(2,3)25-18(24)20-10-11-22-16-13(12-20)6-4-7-14(16)21-9-5-8-15(21)17(22)23/h4,6-7,15H,5,8-12H2,1-3H3/t15-/m1/s1. The summed E-state index contributed by atoms with van der Waals surface area (Å²) < 4.78 is 5.54. The molecule has 6 nitrogen and oxygen atoms in total. The Balaban J connectivity index is 1.69. The van der Waals surface area contributed by atoms with Crippen LogP contribution in [0.5, 0.6) is 0 Å². The van der Waals surface area contributed by atoms with Crippen molar-refractivity contribution >= 4 is 23.4 Å². The molecule has 2 amide bonds. The molecule has 0 radical (unpaired) electrons. The summed E-state index contributed by atoms with van der Waals surface area (Å²) in [5.41, 5.74) is 2.60. The van der Waals surface area contributed by atoms with E-state index in [1.165, 1.54) is 0 Å². The molecule has 0 aliphatic carbocycles. The van der Waals surface area contributed by atoms with Crippen molar-refractivity contribution in [2.24, 2.45) is 0 Å². The summed E-state index contributed by atoms with van der Waals surface area (Å²) in [6.07, 6.45) is 1.64. The molecule has 1 fully saturated rings. The first-order valence-corrected chi connectivity index (χ1v) is 9.03. The smallest absolute Gasteiger partial charge is 0.410 e. The second-order valence-electron chi connectivity index (χ2n) is 8.03. The zero-order chi connectivity index (χ0) is 17.8. The van der Waals surface area contributed by atoms with Gasteiger partial charge in [0.15, 0.2) is 0 Å². The van der Waals surface area contributed by atoms with Gasteiger partial charge in [-0.25, -0.2) is 4.79 Å². The van der Waals surface area contributed by atoms with E-state index >= 15 is 0 Å². The molecule has 134 valence electrons. The van der Waals surface area contributed by atoms with E-state index < -0.39 is 5.60 Å². The van der Waals surface area contributed by atoms with Crippen molar-refractivity contribution in [3.63, 3.8) is 0 Å². The molecule has 1 aromatic rings. The predicted octanol–water partition coefficient (Wildman–Crippen LogP) is 2.75. The molecule has 0 spiro atoms. The van der Waals surface area contributed by atoms with Crippen molar-refractivity contribution in [2.75, 3.05) is 29.4 Å². The van der Waals surface area contributed by atoms with Crippen LogP contribution in [0.25, 0.3) is 0 Å². The molecular formula is C19H25N3O3. The summed E-state index contributed by atoms with van der Waals surface area (Å²) in [6, 6.07) is 6.09. The van der Waals surface area contributed by atoms with Crippen LogP contribution in [-0.2, 0) is 16.1 Å². The van der Waals surface area contributed by atoms with Crippen LogP contribution in [-0.4, -0.2) is 48.2 Å². The number of amides is 2. The Hall–Kier alpha value is -2.24. The van der Waals surface area contributed by atoms with Gasteiger partial charge in [0.25, 0.3) is 0 Å². The minimum Gasteiger partial charge on any atom is -0.444 e. The molecule has 0 aromatic heterocycles. The lowest BCUT2D eigenvalue weighted by molar-refractivity contribution is -0.120. The number of nitrogens with zero attached hydrogens (tertiary/aromatic N) is 3. The maximum Gasteiger partial charge on any atom is 0.410 e. The van der Waals surface area contributed by atoms with Crippen molar-refractivity contribution in [3.8, 4) is 0 Å². The average Bonchev–Trinajstić information content (AvgIpc) is 2.93. The SMILES string of the molecule is CC(C)(C)OC(=O)N1CCN2C(=O)[C@H]3CCCN3c3cccc(c32)C1. The van der Waals surface area contributed by atoms with E-state index in [2.05, 4.69) is 11.0 Å². The molecular weight excluding hydrogens is 318 g/mol. The van der Waals surface area contributed by atoms with E-state index in [0.29, 0.717) is 19.6 Å². The Morgan fingerprint density at radius 3 is 2.76 bits per heavy atom. The van der Waals surface area contributed by atoms with Gasteiger partial charge in [0.1, 0.15) is 11.6 Å². The van der Waals surface area contributed by atoms with Gasteiger partial charge in [-0.1, -0.05) is 12.1 Å². The lowest BCUT2D eigenvalue weighted by Gasteiger charge is -2.39. The first kappa shape index (κ1) is 16.2. The van der Waals surface area contributed by atoms with Crippen molar-refractivity contribution in [3.05, 3.63) is 23.8 Å². The summed E-state index contributed by atoms with van der Waals surface area (Å²) in [6.45, 7) is 8.01. The van der Waals surface area contributed by atoms with E-state index in [1.807, 2.05) is 37.8 Å². The van der Waals surface area contributed by atoms with Crippen LogP contribution >= 0.6 is 0 Å². The van der Waals surface area contributed by atoms with Gasteiger partial charge in [-0.2, -0.15) is 0 Å². The van der Waals surface area contributed by atoms with Crippen LogP contribution in [0.1, 0.15) is 39.2 Å². The molecule has 1 aromatic carbocycles. The monoisotopic (exact) mass is 343 g/mol. The fourth-order valence-electron chi connectivity index (χ4n) is 4.06. The second-order valence-corrected chi connectivity index (χ2v) is 8.03.